The first-order valence-corrected chi connectivity index (χ1v) is 8.35. The Balaban J connectivity index is 1.62. The highest BCUT2D eigenvalue weighted by Crippen LogP contribution is 2.23. The molecular weight excluding hydrogens is 332 g/mol. The third kappa shape index (κ3) is 4.58. The summed E-state index contributed by atoms with van der Waals surface area (Å²) in [4.78, 5) is 0. The molecule has 2 N–H and O–H groups in total. The van der Waals surface area contributed by atoms with Gasteiger partial charge in [0.2, 0.25) is 0 Å². The molecule has 0 radical (unpaired) electrons. The quantitative estimate of drug-likeness (QED) is 0.678. The molecule has 128 valence electrons. The molecule has 2 aromatic carbocycles. The minimum absolute atomic E-state index is 0.463. The normalized spacial score (nSPS) is 10.3. The number of nitrogens with zero attached hydrogens (tertiary/aromatic N) is 2. The summed E-state index contributed by atoms with van der Waals surface area (Å²) in [5.74, 6) is 1.43. The third-order valence-electron chi connectivity index (χ3n) is 3.66. The second-order valence-electron chi connectivity index (χ2n) is 5.67. The number of rotatable bonds is 5. The van der Waals surface area contributed by atoms with Crippen LogP contribution in [-0.2, 0) is 6.54 Å². The maximum Gasteiger partial charge on any atom is 0.176 e. The summed E-state index contributed by atoms with van der Waals surface area (Å²) in [6.45, 7) is 2.80. The molecule has 5 nitrogen and oxygen atoms in total. The van der Waals surface area contributed by atoms with Crippen LogP contribution in [-0.4, -0.2) is 22.0 Å². The third-order valence-corrected chi connectivity index (χ3v) is 3.87. The van der Waals surface area contributed by atoms with Gasteiger partial charge >= 0.3 is 0 Å². The largest absolute Gasteiger partial charge is 0.495 e. The average molecular weight is 352 g/mol. The molecule has 0 unspecified atom stereocenters. The Labute approximate surface area is 152 Å². The maximum atomic E-state index is 5.35. The molecule has 0 aliphatic rings. The number of thiocarbonyl (C=S) groups is 1. The summed E-state index contributed by atoms with van der Waals surface area (Å²) in [7, 11) is 1.63. The van der Waals surface area contributed by atoms with Crippen molar-refractivity contribution in [2.75, 3.05) is 17.7 Å². The molecule has 3 rings (SSSR count). The van der Waals surface area contributed by atoms with E-state index in [9.17, 15) is 0 Å². The van der Waals surface area contributed by atoms with Gasteiger partial charge in [0.25, 0.3) is 0 Å². The van der Waals surface area contributed by atoms with E-state index in [1.807, 2.05) is 41.2 Å². The molecule has 3 aromatic rings. The molecule has 0 atom stereocenters. The topological polar surface area (TPSA) is 51.1 Å². The predicted molar refractivity (Wildman–Crippen MR) is 105 cm³/mol. The van der Waals surface area contributed by atoms with E-state index < -0.39 is 0 Å². The standard InChI is InChI=1S/C19H20N4OS/c1-14-6-5-7-15(12-14)13-23-11-10-18(22-23)21-19(25)20-16-8-3-4-9-17(16)24-2/h3-12H,13H2,1-2H3,(H2,20,21,22,25). The van der Waals surface area contributed by atoms with Gasteiger partial charge in [-0.2, -0.15) is 5.10 Å². The lowest BCUT2D eigenvalue weighted by molar-refractivity contribution is 0.417. The summed E-state index contributed by atoms with van der Waals surface area (Å²) in [5, 5.41) is 11.2. The molecule has 0 spiro atoms. The number of hydrogen-bond donors (Lipinski definition) is 2. The fourth-order valence-corrected chi connectivity index (χ4v) is 2.75. The van der Waals surface area contributed by atoms with Gasteiger partial charge in [-0.1, -0.05) is 42.0 Å². The lowest BCUT2D eigenvalue weighted by Crippen LogP contribution is -2.20. The van der Waals surface area contributed by atoms with E-state index in [1.54, 1.807) is 7.11 Å². The summed E-state index contributed by atoms with van der Waals surface area (Å²) >= 11 is 5.35. The number of benzene rings is 2. The first-order chi connectivity index (χ1) is 12.1. The number of aryl methyl sites for hydroxylation is 1. The first-order valence-electron chi connectivity index (χ1n) is 7.94. The van der Waals surface area contributed by atoms with Gasteiger partial charge in [-0.25, -0.2) is 0 Å². The van der Waals surface area contributed by atoms with Crippen LogP contribution in [0.2, 0.25) is 0 Å². The summed E-state index contributed by atoms with van der Waals surface area (Å²) < 4.78 is 7.18. The number of nitrogens with one attached hydrogen (secondary N) is 2. The van der Waals surface area contributed by atoms with Gasteiger partial charge in [0, 0.05) is 12.3 Å². The van der Waals surface area contributed by atoms with E-state index in [-0.39, 0.29) is 0 Å². The van der Waals surface area contributed by atoms with Crippen molar-refractivity contribution in [3.8, 4) is 5.75 Å². The number of hydrogen-bond acceptors (Lipinski definition) is 3. The summed E-state index contributed by atoms with van der Waals surface area (Å²) in [5.41, 5.74) is 3.26. The zero-order valence-electron chi connectivity index (χ0n) is 14.2. The van der Waals surface area contributed by atoms with Crippen LogP contribution in [0.1, 0.15) is 11.1 Å². The van der Waals surface area contributed by atoms with E-state index in [1.165, 1.54) is 11.1 Å². The molecule has 0 amide bonds. The zero-order chi connectivity index (χ0) is 17.6. The minimum atomic E-state index is 0.463. The molecule has 0 saturated carbocycles. The van der Waals surface area contributed by atoms with Crippen LogP contribution in [0.4, 0.5) is 11.5 Å². The first kappa shape index (κ1) is 17.0. The lowest BCUT2D eigenvalue weighted by Gasteiger charge is -2.12. The van der Waals surface area contributed by atoms with Gasteiger partial charge < -0.3 is 15.4 Å². The second kappa shape index (κ2) is 7.81. The summed E-state index contributed by atoms with van der Waals surface area (Å²) in [6, 6.07) is 17.9. The van der Waals surface area contributed by atoms with Crippen LogP contribution in [0.15, 0.2) is 60.8 Å². The van der Waals surface area contributed by atoms with Crippen LogP contribution >= 0.6 is 12.2 Å². The highest BCUT2D eigenvalue weighted by Gasteiger charge is 2.06. The second-order valence-corrected chi connectivity index (χ2v) is 6.08. The van der Waals surface area contributed by atoms with Crippen molar-refractivity contribution in [3.63, 3.8) is 0 Å². The van der Waals surface area contributed by atoms with Gasteiger partial charge in [0.15, 0.2) is 10.9 Å². The van der Waals surface area contributed by atoms with Gasteiger partial charge in [-0.3, -0.25) is 4.68 Å². The average Bonchev–Trinajstić information content (AvgIpc) is 3.02. The number of para-hydroxylation sites is 2. The van der Waals surface area contributed by atoms with Crippen molar-refractivity contribution in [3.05, 3.63) is 71.9 Å². The number of anilines is 2. The van der Waals surface area contributed by atoms with E-state index in [0.29, 0.717) is 10.9 Å². The molecule has 1 aromatic heterocycles. The van der Waals surface area contributed by atoms with Gasteiger partial charge in [-0.15, -0.1) is 0 Å². The highest BCUT2D eigenvalue weighted by atomic mass is 32.1. The fraction of sp³-hybridized carbons (Fsp3) is 0.158. The van der Waals surface area contributed by atoms with Crippen molar-refractivity contribution in [2.45, 2.75) is 13.5 Å². The molecule has 1 heterocycles. The Morgan fingerprint density at radius 3 is 2.76 bits per heavy atom. The van der Waals surface area contributed by atoms with E-state index in [2.05, 4.69) is 46.9 Å². The molecule has 0 saturated heterocycles. The van der Waals surface area contributed by atoms with Crippen LogP contribution in [0.25, 0.3) is 0 Å². The molecule has 6 heteroatoms. The zero-order valence-corrected chi connectivity index (χ0v) is 15.0. The lowest BCUT2D eigenvalue weighted by atomic mass is 10.1. The number of aromatic nitrogens is 2. The Morgan fingerprint density at radius 1 is 1.12 bits per heavy atom. The van der Waals surface area contributed by atoms with Gasteiger partial charge in [0.1, 0.15) is 5.75 Å². The Bertz CT molecular complexity index is 875. The minimum Gasteiger partial charge on any atom is -0.495 e. The maximum absolute atomic E-state index is 5.35. The van der Waals surface area contributed by atoms with Gasteiger partial charge in [0.05, 0.1) is 19.3 Å². The van der Waals surface area contributed by atoms with Crippen molar-refractivity contribution >= 4 is 28.8 Å². The Hall–Kier alpha value is -2.86. The van der Waals surface area contributed by atoms with Crippen molar-refractivity contribution in [1.29, 1.82) is 0 Å². The van der Waals surface area contributed by atoms with Crippen molar-refractivity contribution in [1.82, 2.24) is 9.78 Å². The van der Waals surface area contributed by atoms with Crippen molar-refractivity contribution < 1.29 is 4.74 Å². The van der Waals surface area contributed by atoms with E-state index in [4.69, 9.17) is 17.0 Å². The Morgan fingerprint density at radius 2 is 1.96 bits per heavy atom. The molecular formula is C19H20N4OS. The molecule has 25 heavy (non-hydrogen) atoms. The smallest absolute Gasteiger partial charge is 0.176 e. The molecule has 0 fully saturated rings. The summed E-state index contributed by atoms with van der Waals surface area (Å²) in [6.07, 6.45) is 1.93. The van der Waals surface area contributed by atoms with E-state index in [0.717, 1.165) is 18.0 Å². The highest BCUT2D eigenvalue weighted by molar-refractivity contribution is 7.80. The molecule has 0 bridgehead atoms. The SMILES string of the molecule is COc1ccccc1NC(=S)Nc1ccn(Cc2cccc(C)c2)n1. The van der Waals surface area contributed by atoms with E-state index >= 15 is 0 Å². The van der Waals surface area contributed by atoms with Gasteiger partial charge in [-0.05, 0) is 36.8 Å². The van der Waals surface area contributed by atoms with Crippen LogP contribution in [0, 0.1) is 6.92 Å². The predicted octanol–water partition coefficient (Wildman–Crippen LogP) is 4.06. The molecule has 0 aliphatic carbocycles. The van der Waals surface area contributed by atoms with Crippen LogP contribution in [0.3, 0.4) is 0 Å². The van der Waals surface area contributed by atoms with Crippen LogP contribution in [0.5, 0.6) is 5.75 Å². The van der Waals surface area contributed by atoms with Crippen molar-refractivity contribution in [2.24, 2.45) is 0 Å². The monoisotopic (exact) mass is 352 g/mol. The fourth-order valence-electron chi connectivity index (χ4n) is 2.53. The number of ether oxygens (including phenoxy) is 1. The van der Waals surface area contributed by atoms with Crippen LogP contribution < -0.4 is 15.4 Å². The molecule has 0 aliphatic heterocycles. The Kier molecular flexibility index (Phi) is 5.30. The number of methoxy groups -OCH3 is 1.